The molecule has 1 heterocycles. The quantitative estimate of drug-likeness (QED) is 0.517. The molecule has 0 aliphatic rings. The van der Waals surface area contributed by atoms with Gasteiger partial charge in [-0.2, -0.15) is 5.10 Å². The van der Waals surface area contributed by atoms with Gasteiger partial charge in [-0.15, -0.1) is 0 Å². The van der Waals surface area contributed by atoms with Crippen molar-refractivity contribution >= 4 is 5.91 Å². The lowest BCUT2D eigenvalue weighted by molar-refractivity contribution is 0.0942. The number of hydrogen-bond acceptors (Lipinski definition) is 7. The fourth-order valence-electron chi connectivity index (χ4n) is 3.01. The Morgan fingerprint density at radius 2 is 1.66 bits per heavy atom. The highest BCUT2D eigenvalue weighted by atomic mass is 16.5. The molecule has 1 N–H and O–H groups in total. The van der Waals surface area contributed by atoms with E-state index in [1.54, 1.807) is 12.1 Å². The van der Waals surface area contributed by atoms with Crippen molar-refractivity contribution in [3.8, 4) is 23.0 Å². The lowest BCUT2D eigenvalue weighted by Crippen LogP contribution is -2.30. The summed E-state index contributed by atoms with van der Waals surface area (Å²) in [7, 11) is 4.57. The number of aromatic nitrogens is 2. The first kappa shape index (κ1) is 22.7. The number of nitrogens with one attached hydrogen (secondary N) is 1. The van der Waals surface area contributed by atoms with Crippen molar-refractivity contribution in [2.45, 2.75) is 13.1 Å². The predicted molar refractivity (Wildman–Crippen MR) is 118 cm³/mol. The molecule has 168 valence electrons. The number of amides is 1. The smallest absolute Gasteiger partial charge is 0.271 e. The number of hydrogen-bond donors (Lipinski definition) is 1. The van der Waals surface area contributed by atoms with Crippen LogP contribution in [0.25, 0.3) is 0 Å². The van der Waals surface area contributed by atoms with Crippen LogP contribution in [0.15, 0.2) is 59.4 Å². The van der Waals surface area contributed by atoms with E-state index < -0.39 is 5.91 Å². The van der Waals surface area contributed by atoms with Gasteiger partial charge in [0.15, 0.2) is 11.5 Å². The molecule has 0 aliphatic carbocycles. The molecule has 0 saturated carbocycles. The summed E-state index contributed by atoms with van der Waals surface area (Å²) < 4.78 is 22.8. The van der Waals surface area contributed by atoms with Crippen molar-refractivity contribution in [3.63, 3.8) is 0 Å². The predicted octanol–water partition coefficient (Wildman–Crippen LogP) is 2.28. The molecule has 0 saturated heterocycles. The van der Waals surface area contributed by atoms with Gasteiger partial charge in [-0.25, -0.2) is 4.68 Å². The standard InChI is InChI=1S/C23H25N3O6/c1-29-19-13-16(14-20(30-2)22(19)31-3)15-24-23(28)18-9-10-21(27)26(25-18)11-12-32-17-7-5-4-6-8-17/h4-10,13-14H,11-12,15H2,1-3H3,(H,24,28). The Morgan fingerprint density at radius 3 is 2.28 bits per heavy atom. The molecule has 0 aliphatic heterocycles. The molecular weight excluding hydrogens is 414 g/mol. The lowest BCUT2D eigenvalue weighted by atomic mass is 10.1. The van der Waals surface area contributed by atoms with E-state index in [2.05, 4.69) is 10.4 Å². The van der Waals surface area contributed by atoms with Gasteiger partial charge in [0, 0.05) is 12.6 Å². The first-order valence-corrected chi connectivity index (χ1v) is 9.88. The van der Waals surface area contributed by atoms with Crippen molar-refractivity contribution in [2.24, 2.45) is 0 Å². The van der Waals surface area contributed by atoms with Crippen LogP contribution in [-0.2, 0) is 13.1 Å². The molecule has 0 bridgehead atoms. The molecule has 9 nitrogen and oxygen atoms in total. The van der Waals surface area contributed by atoms with Crippen LogP contribution in [0.2, 0.25) is 0 Å². The zero-order valence-electron chi connectivity index (χ0n) is 18.2. The molecule has 1 aromatic heterocycles. The summed E-state index contributed by atoms with van der Waals surface area (Å²) in [6.45, 7) is 0.655. The Balaban J connectivity index is 1.65. The van der Waals surface area contributed by atoms with E-state index in [-0.39, 0.29) is 30.9 Å². The van der Waals surface area contributed by atoms with Crippen LogP contribution in [0.5, 0.6) is 23.0 Å². The average molecular weight is 439 g/mol. The monoisotopic (exact) mass is 439 g/mol. The third kappa shape index (κ3) is 5.57. The number of carbonyl (C=O) groups is 1. The summed E-state index contributed by atoms with van der Waals surface area (Å²) in [5.74, 6) is 1.72. The van der Waals surface area contributed by atoms with Crippen molar-refractivity contribution in [3.05, 3.63) is 76.2 Å². The molecule has 3 rings (SSSR count). The van der Waals surface area contributed by atoms with Gasteiger partial charge in [-0.05, 0) is 35.9 Å². The largest absolute Gasteiger partial charge is 0.493 e. The van der Waals surface area contributed by atoms with E-state index in [0.29, 0.717) is 23.0 Å². The molecule has 0 unspecified atom stereocenters. The molecule has 0 spiro atoms. The summed E-state index contributed by atoms with van der Waals surface area (Å²) in [6.07, 6.45) is 0. The maximum absolute atomic E-state index is 12.6. The Morgan fingerprint density at radius 1 is 0.969 bits per heavy atom. The van der Waals surface area contributed by atoms with Gasteiger partial charge in [0.05, 0.1) is 27.9 Å². The van der Waals surface area contributed by atoms with Crippen molar-refractivity contribution in [1.82, 2.24) is 15.1 Å². The molecule has 9 heteroatoms. The number of nitrogens with zero attached hydrogens (tertiary/aromatic N) is 2. The second-order valence-corrected chi connectivity index (χ2v) is 6.66. The Hall–Kier alpha value is -4.01. The van der Waals surface area contributed by atoms with Crippen LogP contribution in [-0.4, -0.2) is 43.6 Å². The zero-order valence-corrected chi connectivity index (χ0v) is 18.2. The molecule has 0 fully saturated rings. The van der Waals surface area contributed by atoms with Gasteiger partial charge in [0.1, 0.15) is 18.1 Å². The van der Waals surface area contributed by atoms with Crippen LogP contribution >= 0.6 is 0 Å². The van der Waals surface area contributed by atoms with E-state index in [1.807, 2.05) is 30.3 Å². The van der Waals surface area contributed by atoms with Gasteiger partial charge >= 0.3 is 0 Å². The van der Waals surface area contributed by atoms with Crippen molar-refractivity contribution in [2.75, 3.05) is 27.9 Å². The topological polar surface area (TPSA) is 101 Å². The first-order valence-electron chi connectivity index (χ1n) is 9.88. The highest BCUT2D eigenvalue weighted by Crippen LogP contribution is 2.38. The second-order valence-electron chi connectivity index (χ2n) is 6.66. The van der Waals surface area contributed by atoms with E-state index in [9.17, 15) is 9.59 Å². The fraction of sp³-hybridized carbons (Fsp3) is 0.261. The normalized spacial score (nSPS) is 10.3. The molecular formula is C23H25N3O6. The number of methoxy groups -OCH3 is 3. The number of carbonyl (C=O) groups excluding carboxylic acids is 1. The molecule has 0 atom stereocenters. The summed E-state index contributed by atoms with van der Waals surface area (Å²) in [5.41, 5.74) is 0.553. The fourth-order valence-corrected chi connectivity index (χ4v) is 3.01. The number of ether oxygens (including phenoxy) is 4. The highest BCUT2D eigenvalue weighted by molar-refractivity contribution is 5.91. The minimum absolute atomic E-state index is 0.122. The number of rotatable bonds is 10. The first-order chi connectivity index (χ1) is 15.5. The number of para-hydroxylation sites is 1. The Kier molecular flexibility index (Phi) is 7.69. The van der Waals surface area contributed by atoms with Gasteiger partial charge < -0.3 is 24.3 Å². The average Bonchev–Trinajstić information content (AvgIpc) is 2.83. The highest BCUT2D eigenvalue weighted by Gasteiger charge is 2.15. The summed E-state index contributed by atoms with van der Waals surface area (Å²) in [4.78, 5) is 24.7. The lowest BCUT2D eigenvalue weighted by Gasteiger charge is -2.14. The van der Waals surface area contributed by atoms with Crippen LogP contribution in [0.1, 0.15) is 16.1 Å². The Bertz CT molecular complexity index is 1090. The third-order valence-electron chi connectivity index (χ3n) is 4.59. The SMILES string of the molecule is COc1cc(CNC(=O)c2ccc(=O)n(CCOc3ccccc3)n2)cc(OC)c1OC. The maximum Gasteiger partial charge on any atom is 0.271 e. The minimum atomic E-state index is -0.420. The summed E-state index contributed by atoms with van der Waals surface area (Å²) in [5, 5.41) is 6.94. The van der Waals surface area contributed by atoms with E-state index in [0.717, 1.165) is 5.56 Å². The van der Waals surface area contributed by atoms with Crippen LogP contribution in [0.4, 0.5) is 0 Å². The summed E-state index contributed by atoms with van der Waals surface area (Å²) >= 11 is 0. The summed E-state index contributed by atoms with van der Waals surface area (Å²) in [6, 6.07) is 15.4. The van der Waals surface area contributed by atoms with E-state index in [1.165, 1.54) is 38.1 Å². The van der Waals surface area contributed by atoms with E-state index in [4.69, 9.17) is 18.9 Å². The van der Waals surface area contributed by atoms with Gasteiger partial charge in [-0.1, -0.05) is 18.2 Å². The van der Waals surface area contributed by atoms with Gasteiger partial charge in [0.25, 0.3) is 11.5 Å². The molecule has 32 heavy (non-hydrogen) atoms. The Labute approximate surface area is 185 Å². The second kappa shape index (κ2) is 10.9. The zero-order chi connectivity index (χ0) is 22.9. The van der Waals surface area contributed by atoms with Crippen molar-refractivity contribution in [1.29, 1.82) is 0 Å². The molecule has 3 aromatic rings. The maximum atomic E-state index is 12.6. The number of benzene rings is 2. The molecule has 2 aromatic carbocycles. The van der Waals surface area contributed by atoms with Gasteiger partial charge in [-0.3, -0.25) is 9.59 Å². The van der Waals surface area contributed by atoms with Crippen molar-refractivity contribution < 1.29 is 23.7 Å². The minimum Gasteiger partial charge on any atom is -0.493 e. The van der Waals surface area contributed by atoms with Gasteiger partial charge in [0.2, 0.25) is 5.75 Å². The van der Waals surface area contributed by atoms with Crippen LogP contribution in [0, 0.1) is 0 Å². The van der Waals surface area contributed by atoms with Crippen LogP contribution < -0.4 is 29.8 Å². The van der Waals surface area contributed by atoms with Crippen LogP contribution in [0.3, 0.4) is 0 Å². The third-order valence-corrected chi connectivity index (χ3v) is 4.59. The molecule has 1 amide bonds. The van der Waals surface area contributed by atoms with E-state index >= 15 is 0 Å². The molecule has 0 radical (unpaired) electrons.